The number of nitrogens with two attached hydrogens (primary N) is 1. The highest BCUT2D eigenvalue weighted by molar-refractivity contribution is 7.09. The first-order chi connectivity index (χ1) is 8.47. The monoisotopic (exact) mass is 263 g/mol. The third-order valence-corrected chi connectivity index (χ3v) is 3.73. The van der Waals surface area contributed by atoms with Gasteiger partial charge in [-0.05, 0) is 20.8 Å². The van der Waals surface area contributed by atoms with Gasteiger partial charge in [0, 0.05) is 29.4 Å². The van der Waals surface area contributed by atoms with Crippen LogP contribution < -0.4 is 10.6 Å². The van der Waals surface area contributed by atoms with Gasteiger partial charge in [0.1, 0.15) is 10.8 Å². The van der Waals surface area contributed by atoms with Crippen molar-refractivity contribution >= 4 is 23.1 Å². The zero-order valence-electron chi connectivity index (χ0n) is 11.1. The van der Waals surface area contributed by atoms with Crippen LogP contribution in [0.15, 0.2) is 5.38 Å². The minimum Gasteiger partial charge on any atom is -0.368 e. The summed E-state index contributed by atoms with van der Waals surface area (Å²) in [7, 11) is 1.99. The highest BCUT2D eigenvalue weighted by Crippen LogP contribution is 2.21. The molecule has 5 nitrogen and oxygen atoms in total. The predicted octanol–water partition coefficient (Wildman–Crippen LogP) is 2.08. The Bertz CT molecular complexity index is 564. The Labute approximate surface area is 111 Å². The molecule has 0 amide bonds. The molecule has 0 aliphatic carbocycles. The van der Waals surface area contributed by atoms with Crippen LogP contribution in [0.2, 0.25) is 0 Å². The van der Waals surface area contributed by atoms with E-state index in [0.717, 1.165) is 34.3 Å². The zero-order valence-corrected chi connectivity index (χ0v) is 11.9. The highest BCUT2D eigenvalue weighted by atomic mass is 32.1. The van der Waals surface area contributed by atoms with Crippen LogP contribution in [0.5, 0.6) is 0 Å². The van der Waals surface area contributed by atoms with Gasteiger partial charge in [-0.2, -0.15) is 4.98 Å². The lowest BCUT2D eigenvalue weighted by molar-refractivity contribution is 0.867. The molecule has 2 rings (SSSR count). The number of rotatable bonds is 3. The summed E-state index contributed by atoms with van der Waals surface area (Å²) in [5, 5.41) is 3.12. The molecule has 0 aliphatic heterocycles. The Kier molecular flexibility index (Phi) is 3.47. The van der Waals surface area contributed by atoms with Gasteiger partial charge >= 0.3 is 0 Å². The number of hydrogen-bond acceptors (Lipinski definition) is 6. The van der Waals surface area contributed by atoms with Crippen molar-refractivity contribution < 1.29 is 0 Å². The second-order valence-electron chi connectivity index (χ2n) is 4.35. The van der Waals surface area contributed by atoms with Crippen LogP contribution in [0.3, 0.4) is 0 Å². The first-order valence-electron chi connectivity index (χ1n) is 5.70. The molecule has 0 aliphatic rings. The van der Waals surface area contributed by atoms with Crippen LogP contribution in [-0.4, -0.2) is 22.0 Å². The summed E-state index contributed by atoms with van der Waals surface area (Å²) in [5.41, 5.74) is 8.73. The number of nitrogen functional groups attached to an aromatic ring is 1. The van der Waals surface area contributed by atoms with Crippen molar-refractivity contribution in [2.75, 3.05) is 17.7 Å². The lowest BCUT2D eigenvalue weighted by Gasteiger charge is -2.19. The average molecular weight is 263 g/mol. The lowest BCUT2D eigenvalue weighted by atomic mass is 10.2. The van der Waals surface area contributed by atoms with Crippen LogP contribution in [0.4, 0.5) is 11.8 Å². The molecular formula is C12H17N5S. The van der Waals surface area contributed by atoms with Gasteiger partial charge in [0.25, 0.3) is 0 Å². The summed E-state index contributed by atoms with van der Waals surface area (Å²) in [6.07, 6.45) is 0. The van der Waals surface area contributed by atoms with E-state index < -0.39 is 0 Å². The van der Waals surface area contributed by atoms with Crippen molar-refractivity contribution in [2.24, 2.45) is 0 Å². The number of nitrogens with zero attached hydrogens (tertiary/aromatic N) is 4. The zero-order chi connectivity index (χ0) is 13.3. The first kappa shape index (κ1) is 12.8. The average Bonchev–Trinajstić information content (AvgIpc) is 2.69. The Morgan fingerprint density at radius 1 is 1.22 bits per heavy atom. The maximum atomic E-state index is 5.70. The molecule has 0 atom stereocenters. The van der Waals surface area contributed by atoms with Crippen molar-refractivity contribution in [3.63, 3.8) is 0 Å². The third-order valence-electron chi connectivity index (χ3n) is 2.78. The third kappa shape index (κ3) is 2.59. The largest absolute Gasteiger partial charge is 0.368 e. The molecular weight excluding hydrogens is 246 g/mol. The molecule has 0 saturated carbocycles. The van der Waals surface area contributed by atoms with E-state index in [0.29, 0.717) is 5.95 Å². The Balaban J connectivity index is 2.26. The van der Waals surface area contributed by atoms with E-state index in [4.69, 9.17) is 5.73 Å². The SMILES string of the molecule is Cc1csc(CN(C)c2nc(N)nc(C)c2C)n1. The fourth-order valence-electron chi connectivity index (χ4n) is 1.76. The molecule has 0 radical (unpaired) electrons. The van der Waals surface area contributed by atoms with Crippen molar-refractivity contribution in [2.45, 2.75) is 27.3 Å². The van der Waals surface area contributed by atoms with Crippen LogP contribution in [-0.2, 0) is 6.54 Å². The van der Waals surface area contributed by atoms with Gasteiger partial charge < -0.3 is 10.6 Å². The van der Waals surface area contributed by atoms with Gasteiger partial charge in [-0.1, -0.05) is 0 Å². The number of hydrogen-bond donors (Lipinski definition) is 1. The molecule has 2 aromatic rings. The summed E-state index contributed by atoms with van der Waals surface area (Å²) in [4.78, 5) is 15.0. The highest BCUT2D eigenvalue weighted by Gasteiger charge is 2.12. The van der Waals surface area contributed by atoms with Gasteiger partial charge in [0.2, 0.25) is 5.95 Å². The molecule has 2 heterocycles. The normalized spacial score (nSPS) is 10.7. The number of thiazole rings is 1. The summed E-state index contributed by atoms with van der Waals surface area (Å²) >= 11 is 1.66. The summed E-state index contributed by atoms with van der Waals surface area (Å²) in [5.74, 6) is 1.18. The van der Waals surface area contributed by atoms with E-state index in [-0.39, 0.29) is 0 Å². The van der Waals surface area contributed by atoms with Crippen LogP contribution in [0, 0.1) is 20.8 Å². The molecule has 96 valence electrons. The second kappa shape index (κ2) is 4.89. The predicted molar refractivity (Wildman–Crippen MR) is 74.9 cm³/mol. The topological polar surface area (TPSA) is 67.9 Å². The first-order valence-corrected chi connectivity index (χ1v) is 6.58. The minimum absolute atomic E-state index is 0.315. The fourth-order valence-corrected chi connectivity index (χ4v) is 2.58. The van der Waals surface area contributed by atoms with Crippen molar-refractivity contribution in [3.8, 4) is 0 Å². The molecule has 18 heavy (non-hydrogen) atoms. The molecule has 0 bridgehead atoms. The van der Waals surface area contributed by atoms with E-state index in [1.165, 1.54) is 0 Å². The molecule has 2 aromatic heterocycles. The Hall–Kier alpha value is -1.69. The van der Waals surface area contributed by atoms with E-state index in [1.54, 1.807) is 11.3 Å². The Morgan fingerprint density at radius 2 is 1.94 bits per heavy atom. The smallest absolute Gasteiger partial charge is 0.222 e. The minimum atomic E-state index is 0.315. The van der Waals surface area contributed by atoms with Gasteiger partial charge in [-0.15, -0.1) is 11.3 Å². The molecule has 0 unspecified atom stereocenters. The van der Waals surface area contributed by atoms with Crippen LogP contribution in [0.25, 0.3) is 0 Å². The lowest BCUT2D eigenvalue weighted by Crippen LogP contribution is -2.20. The van der Waals surface area contributed by atoms with Crippen LogP contribution >= 0.6 is 11.3 Å². The van der Waals surface area contributed by atoms with Gasteiger partial charge in [0.15, 0.2) is 0 Å². The molecule has 0 saturated heterocycles. The molecule has 0 spiro atoms. The van der Waals surface area contributed by atoms with E-state index in [1.807, 2.05) is 27.8 Å². The summed E-state index contributed by atoms with van der Waals surface area (Å²) in [6, 6.07) is 0. The maximum absolute atomic E-state index is 5.70. The summed E-state index contributed by atoms with van der Waals surface area (Å²) in [6.45, 7) is 6.68. The van der Waals surface area contributed by atoms with E-state index in [9.17, 15) is 0 Å². The van der Waals surface area contributed by atoms with Crippen molar-refractivity contribution in [1.82, 2.24) is 15.0 Å². The quantitative estimate of drug-likeness (QED) is 0.918. The Morgan fingerprint density at radius 3 is 2.56 bits per heavy atom. The van der Waals surface area contributed by atoms with Crippen molar-refractivity contribution in [3.05, 3.63) is 27.3 Å². The van der Waals surface area contributed by atoms with Gasteiger partial charge in [-0.25, -0.2) is 9.97 Å². The number of aryl methyl sites for hydroxylation is 2. The molecule has 2 N–H and O–H groups in total. The summed E-state index contributed by atoms with van der Waals surface area (Å²) < 4.78 is 0. The van der Waals surface area contributed by atoms with Gasteiger partial charge in [0.05, 0.1) is 6.54 Å². The second-order valence-corrected chi connectivity index (χ2v) is 5.30. The van der Waals surface area contributed by atoms with Gasteiger partial charge in [-0.3, -0.25) is 0 Å². The molecule has 0 aromatic carbocycles. The van der Waals surface area contributed by atoms with E-state index in [2.05, 4.69) is 25.2 Å². The number of anilines is 2. The maximum Gasteiger partial charge on any atom is 0.222 e. The van der Waals surface area contributed by atoms with Crippen LogP contribution in [0.1, 0.15) is 22.0 Å². The molecule has 0 fully saturated rings. The van der Waals surface area contributed by atoms with E-state index >= 15 is 0 Å². The standard InChI is InChI=1S/C12H17N5S/c1-7-6-18-10(14-7)5-17(4)11-8(2)9(3)15-12(13)16-11/h6H,5H2,1-4H3,(H2,13,15,16). The fraction of sp³-hybridized carbons (Fsp3) is 0.417. The molecule has 6 heteroatoms. The van der Waals surface area contributed by atoms with Crippen molar-refractivity contribution in [1.29, 1.82) is 0 Å². The number of aromatic nitrogens is 3.